The second kappa shape index (κ2) is 32.3. The summed E-state index contributed by atoms with van der Waals surface area (Å²) < 4.78 is 250. The molecule has 0 bridgehead atoms. The van der Waals surface area contributed by atoms with Gasteiger partial charge in [0.05, 0.1) is 85.0 Å². The predicted octanol–water partition coefficient (Wildman–Crippen LogP) is 20.0. The van der Waals surface area contributed by atoms with Crippen molar-refractivity contribution in [2.24, 2.45) is 22.9 Å². The molecule has 20 nitrogen and oxygen atoms in total. The Kier molecular flexibility index (Phi) is 17.1. The lowest BCUT2D eigenvalue weighted by Crippen LogP contribution is -2.29. The van der Waals surface area contributed by atoms with Gasteiger partial charge >= 0.3 is 0 Å². The highest BCUT2D eigenvalue weighted by Crippen LogP contribution is 2.48. The summed E-state index contributed by atoms with van der Waals surface area (Å²) in [5.41, 5.74) is 28.3. The maximum absolute atomic E-state index is 15.7. The summed E-state index contributed by atoms with van der Waals surface area (Å²) in [5.74, 6) is 0.304. The molecule has 8 aliphatic rings. The molecule has 0 aliphatic heterocycles. The van der Waals surface area contributed by atoms with E-state index in [1.165, 1.54) is 39.7 Å². The molecule has 616 valence electrons. The van der Waals surface area contributed by atoms with Gasteiger partial charge in [-0.05, 0) is 200 Å². The van der Waals surface area contributed by atoms with Crippen LogP contribution in [0.25, 0.3) is 67.9 Å². The molecule has 4 saturated carbocycles. The van der Waals surface area contributed by atoms with Gasteiger partial charge in [0.15, 0.2) is 92.3 Å². The number of methoxy groups -OCH3 is 4. The SMILES string of the molecule is COc1cc2c(Oc3ccc4c(c3F)C=C(C)C4)ccnc2cc1OCC1(N)CC1.[2H]C([2H])(Oc1cc2nccc(Oc3ccc4c(c3F)C=C(C)C4)c2cc1OC)C1(N)CC1.[2H]C1=C(C([2H])([2H])[2H])Cc2c([2H])c([2H])c(Oc3cc([2H])nc4cc(OCC5(N)CC5)c(OC)cc34)c(F)c21.[2H]C1=C(C([2H])([2H])[2H])Cc2c([2H])c([2H])c(Oc3ccnc4cc(OCC5(N)CC5)c(OC)cc34)c(F)c21. The molecule has 4 fully saturated rings. The van der Waals surface area contributed by atoms with E-state index in [0.717, 1.165) is 73.6 Å². The van der Waals surface area contributed by atoms with Gasteiger partial charge in [-0.15, -0.1) is 0 Å². The molecule has 12 aromatic rings. The number of fused-ring (bicyclic) bond motifs is 8. The van der Waals surface area contributed by atoms with Crippen LogP contribution in [0.4, 0.5) is 17.6 Å². The Morgan fingerprint density at radius 3 is 1.02 bits per heavy atom. The number of nitrogens with zero attached hydrogens (tertiary/aromatic N) is 4. The van der Waals surface area contributed by atoms with Crippen LogP contribution < -0.4 is 79.8 Å². The van der Waals surface area contributed by atoms with E-state index in [0.29, 0.717) is 127 Å². The van der Waals surface area contributed by atoms with Crippen molar-refractivity contribution in [3.05, 3.63) is 236 Å². The molecule has 0 atom stereocenters. The van der Waals surface area contributed by atoms with Crippen LogP contribution in [0.2, 0.25) is 0 Å². The van der Waals surface area contributed by atoms with Gasteiger partial charge in [-0.1, -0.05) is 70.8 Å². The largest absolute Gasteiger partial charge is 0.493 e. The number of hydrogen-bond acceptors (Lipinski definition) is 20. The first-order valence-corrected chi connectivity index (χ1v) is 38.8. The maximum Gasteiger partial charge on any atom is 0.173 e. The van der Waals surface area contributed by atoms with Crippen LogP contribution in [-0.4, -0.2) is 96.9 Å². The average Bonchev–Trinajstić information content (AvgIpc) is 1.60. The van der Waals surface area contributed by atoms with Crippen molar-refractivity contribution in [3.63, 3.8) is 0 Å². The van der Waals surface area contributed by atoms with E-state index in [1.807, 2.05) is 38.1 Å². The van der Waals surface area contributed by atoms with E-state index >= 15 is 17.6 Å². The molecule has 24 heteroatoms. The molecule has 0 amide bonds. The molecule has 120 heavy (non-hydrogen) atoms. The highest BCUT2D eigenvalue weighted by Gasteiger charge is 2.42. The van der Waals surface area contributed by atoms with E-state index in [9.17, 15) is 0 Å². The predicted molar refractivity (Wildman–Crippen MR) is 455 cm³/mol. The molecule has 4 heterocycles. The molecule has 8 aromatic carbocycles. The van der Waals surface area contributed by atoms with E-state index in [4.69, 9.17) is 100 Å². The van der Waals surface area contributed by atoms with Crippen molar-refractivity contribution >= 4 is 67.9 Å². The third kappa shape index (κ3) is 17.1. The van der Waals surface area contributed by atoms with Crippen LogP contribution in [0.15, 0.2) is 168 Å². The van der Waals surface area contributed by atoms with Gasteiger partial charge in [-0.2, -0.15) is 0 Å². The number of ether oxygens (including phenoxy) is 12. The van der Waals surface area contributed by atoms with Crippen LogP contribution in [0.1, 0.15) is 144 Å². The number of rotatable bonds is 24. The number of aromatic nitrogens is 4. The van der Waals surface area contributed by atoms with Crippen LogP contribution in [-0.2, 0) is 25.7 Å². The molecule has 0 unspecified atom stereocenters. The van der Waals surface area contributed by atoms with Gasteiger partial charge in [-0.3, -0.25) is 19.9 Å². The van der Waals surface area contributed by atoms with Gasteiger partial charge in [0.2, 0.25) is 0 Å². The molecule has 4 aromatic heterocycles. The highest BCUT2D eigenvalue weighted by molar-refractivity contribution is 5.92. The van der Waals surface area contributed by atoms with Gasteiger partial charge in [-0.25, -0.2) is 17.6 Å². The fourth-order valence-electron chi connectivity index (χ4n) is 13.9. The summed E-state index contributed by atoms with van der Waals surface area (Å²) in [5, 5.41) is 2.05. The molecular formula is C96H92F4N8O12. The summed E-state index contributed by atoms with van der Waals surface area (Å²) in [7, 11) is 5.95. The normalized spacial score (nSPS) is 18.5. The Labute approximate surface area is 712 Å². The lowest BCUT2D eigenvalue weighted by molar-refractivity contribution is 0.264. The van der Waals surface area contributed by atoms with Crippen LogP contribution in [0.5, 0.6) is 92.0 Å². The molecular weight excluding hydrogens is 1530 g/mol. The quantitative estimate of drug-likeness (QED) is 0.0410. The van der Waals surface area contributed by atoms with Crippen LogP contribution >= 0.6 is 0 Å². The second-order valence-corrected chi connectivity index (χ2v) is 31.3. The van der Waals surface area contributed by atoms with Gasteiger partial charge in [0.25, 0.3) is 0 Å². The summed E-state index contributed by atoms with van der Waals surface area (Å²) in [4.78, 5) is 17.3. The summed E-state index contributed by atoms with van der Waals surface area (Å²) >= 11 is 0. The number of allylic oxidation sites excluding steroid dienone is 4. The van der Waals surface area contributed by atoms with E-state index < -0.39 is 85.0 Å². The summed E-state index contributed by atoms with van der Waals surface area (Å²) in [6.07, 6.45) is 15.5. The molecule has 8 aliphatic carbocycles. The number of benzene rings is 8. The van der Waals surface area contributed by atoms with Crippen LogP contribution in [0, 0.1) is 23.3 Å². The minimum absolute atomic E-state index is 0.00245. The van der Waals surface area contributed by atoms with E-state index in [2.05, 4.69) is 19.9 Å². The smallest absolute Gasteiger partial charge is 0.173 e. The summed E-state index contributed by atoms with van der Waals surface area (Å²) in [6, 6.07) is 23.4. The van der Waals surface area contributed by atoms with E-state index in [-0.39, 0.29) is 122 Å². The summed E-state index contributed by atoms with van der Waals surface area (Å²) in [6.45, 7) is -2.31. The van der Waals surface area contributed by atoms with E-state index in [1.54, 1.807) is 92.3 Å². The van der Waals surface area contributed by atoms with Crippen molar-refractivity contribution in [2.75, 3.05) is 54.8 Å². The Morgan fingerprint density at radius 1 is 0.350 bits per heavy atom. The topological polar surface area (TPSA) is 266 Å². The Morgan fingerprint density at radius 2 is 0.675 bits per heavy atom. The van der Waals surface area contributed by atoms with Crippen molar-refractivity contribution in [3.8, 4) is 92.0 Å². The first-order chi connectivity index (χ1) is 63.9. The van der Waals surface area contributed by atoms with Crippen molar-refractivity contribution in [2.45, 2.75) is 127 Å². The molecule has 0 radical (unpaired) electrons. The van der Waals surface area contributed by atoms with Gasteiger partial charge < -0.3 is 79.8 Å². The monoisotopic (exact) mass is 1640 g/mol. The number of nitrogens with two attached hydrogens (primary N) is 4. The Hall–Kier alpha value is -12.5. The Balaban J connectivity index is 0.000000125. The lowest BCUT2D eigenvalue weighted by atomic mass is 10.1. The maximum atomic E-state index is 15.7. The zero-order valence-electron chi connectivity index (χ0n) is 81.2. The third-order valence-electron chi connectivity index (χ3n) is 21.7. The lowest BCUT2D eigenvalue weighted by Gasteiger charge is -2.16. The van der Waals surface area contributed by atoms with Crippen molar-refractivity contribution < 1.29 is 95.0 Å². The Bertz CT molecular complexity index is 7030. The first kappa shape index (κ1) is 63.6. The fraction of sp³-hybridized carbons (Fsp3) is 0.292. The molecule has 0 spiro atoms. The number of hydrogen-bond donors (Lipinski definition) is 4. The number of halogens is 4. The number of pyridine rings is 4. The average molecular weight is 1640 g/mol. The van der Waals surface area contributed by atoms with Crippen LogP contribution in [0.3, 0.4) is 0 Å². The van der Waals surface area contributed by atoms with Gasteiger partial charge in [0, 0.05) is 101 Å². The third-order valence-corrected chi connectivity index (χ3v) is 21.7. The molecule has 20 rings (SSSR count). The second-order valence-electron chi connectivity index (χ2n) is 31.3. The molecule has 0 saturated heterocycles. The minimum Gasteiger partial charge on any atom is -0.493 e. The highest BCUT2D eigenvalue weighted by atomic mass is 19.1. The fourth-order valence-corrected chi connectivity index (χ4v) is 13.9. The minimum atomic E-state index is -2.64. The van der Waals surface area contributed by atoms with Gasteiger partial charge in [0.1, 0.15) is 49.4 Å². The molecule has 8 N–H and O–H groups in total. The zero-order chi connectivity index (χ0) is 96.4. The van der Waals surface area contributed by atoms with Crippen molar-refractivity contribution in [1.82, 2.24) is 19.9 Å². The first-order valence-electron chi connectivity index (χ1n) is 46.3. The zero-order valence-corrected chi connectivity index (χ0v) is 66.2. The standard InChI is InChI=1S/4C24H23FN2O3/c4*1-14-9-15-3-4-20(23(25)16(15)10-14)30-19-5-8-27-18-12-22(21(28-2)11-17(18)19)29-13-24(26)6-7-24/h4*3-5,8,10-12H,6-7,9,13,26H2,1-2H3/i1D3,3D,4D,8D,10D;1D3,3D,4D,10D;13D2;. The van der Waals surface area contributed by atoms with Crippen molar-refractivity contribution in [1.29, 1.82) is 0 Å².